The number of carbonyl (C=O) groups is 1. The lowest BCUT2D eigenvalue weighted by atomic mass is 9.62. The SMILES string of the molecule is CN1c2ccc(NOO)cc2N=C(c2ccc(C(=O)O)cc2)c2cc3c(cc21)C(C)(C)CCC3(C)C. The Labute approximate surface area is 211 Å². The molecule has 0 atom stereocenters. The van der Waals surface area contributed by atoms with E-state index >= 15 is 0 Å². The molecule has 3 aromatic rings. The molecule has 3 aromatic carbocycles. The van der Waals surface area contributed by atoms with Gasteiger partial charge in [0.1, 0.15) is 0 Å². The quantitative estimate of drug-likeness (QED) is 0.278. The summed E-state index contributed by atoms with van der Waals surface area (Å²) >= 11 is 0. The predicted molar refractivity (Wildman–Crippen MR) is 142 cm³/mol. The maximum absolute atomic E-state index is 11.5. The summed E-state index contributed by atoms with van der Waals surface area (Å²) in [5.41, 5.74) is 11.2. The van der Waals surface area contributed by atoms with Gasteiger partial charge in [0.25, 0.3) is 0 Å². The van der Waals surface area contributed by atoms with E-state index < -0.39 is 5.97 Å². The average Bonchev–Trinajstić information content (AvgIpc) is 2.96. The fourth-order valence-corrected chi connectivity index (χ4v) is 5.38. The minimum atomic E-state index is -0.965. The number of hydrogen-bond donors (Lipinski definition) is 3. The molecule has 0 bridgehead atoms. The van der Waals surface area contributed by atoms with Gasteiger partial charge in [-0.2, -0.15) is 0 Å². The second kappa shape index (κ2) is 8.47. The first-order valence-corrected chi connectivity index (χ1v) is 12.1. The van der Waals surface area contributed by atoms with Crippen molar-refractivity contribution < 1.29 is 20.1 Å². The highest BCUT2D eigenvalue weighted by Crippen LogP contribution is 2.50. The molecule has 36 heavy (non-hydrogen) atoms. The van der Waals surface area contributed by atoms with E-state index in [0.29, 0.717) is 11.4 Å². The van der Waals surface area contributed by atoms with Crippen molar-refractivity contribution >= 4 is 34.4 Å². The van der Waals surface area contributed by atoms with E-state index in [9.17, 15) is 9.90 Å². The smallest absolute Gasteiger partial charge is 0.335 e. The van der Waals surface area contributed by atoms with Crippen LogP contribution in [0, 0.1) is 0 Å². The molecule has 3 N–H and O–H groups in total. The maximum atomic E-state index is 11.5. The van der Waals surface area contributed by atoms with Crippen molar-refractivity contribution in [2.24, 2.45) is 4.99 Å². The highest BCUT2D eigenvalue weighted by Gasteiger charge is 2.39. The minimum absolute atomic E-state index is 0.0193. The summed E-state index contributed by atoms with van der Waals surface area (Å²) in [5.74, 6) is -0.965. The zero-order chi connectivity index (χ0) is 25.8. The van der Waals surface area contributed by atoms with Gasteiger partial charge < -0.3 is 10.0 Å². The second-order valence-electron chi connectivity index (χ2n) is 11.0. The fraction of sp³-hybridized carbons (Fsp3) is 0.310. The van der Waals surface area contributed by atoms with Crippen LogP contribution in [0.2, 0.25) is 0 Å². The number of anilines is 3. The topological polar surface area (TPSA) is 94.4 Å². The number of fused-ring (bicyclic) bond motifs is 3. The third kappa shape index (κ3) is 3.94. The predicted octanol–water partition coefficient (Wildman–Crippen LogP) is 6.80. The highest BCUT2D eigenvalue weighted by molar-refractivity contribution is 6.19. The first kappa shape index (κ1) is 24.0. The normalized spacial score (nSPS) is 17.3. The third-order valence-corrected chi connectivity index (χ3v) is 7.72. The van der Waals surface area contributed by atoms with Crippen molar-refractivity contribution in [1.82, 2.24) is 0 Å². The Morgan fingerprint density at radius 3 is 2.19 bits per heavy atom. The van der Waals surface area contributed by atoms with Crippen LogP contribution in [0.1, 0.15) is 73.1 Å². The number of nitrogens with one attached hydrogen (secondary N) is 1. The lowest BCUT2D eigenvalue weighted by molar-refractivity contribution is -0.215. The van der Waals surface area contributed by atoms with E-state index in [1.54, 1.807) is 12.1 Å². The molecule has 7 heteroatoms. The van der Waals surface area contributed by atoms with Crippen LogP contribution in [0.15, 0.2) is 59.6 Å². The first-order chi connectivity index (χ1) is 17.0. The average molecular weight is 486 g/mol. The molecule has 1 aliphatic carbocycles. The molecule has 0 saturated heterocycles. The highest BCUT2D eigenvalue weighted by atomic mass is 17.2. The molecule has 1 aliphatic heterocycles. The summed E-state index contributed by atoms with van der Waals surface area (Å²) in [5, 5.41) is 18.3. The monoisotopic (exact) mass is 485 g/mol. The molecular weight excluding hydrogens is 454 g/mol. The largest absolute Gasteiger partial charge is 0.478 e. The summed E-state index contributed by atoms with van der Waals surface area (Å²) in [6.07, 6.45) is 2.21. The van der Waals surface area contributed by atoms with Gasteiger partial charge in [0, 0.05) is 18.2 Å². The Morgan fingerprint density at radius 1 is 0.944 bits per heavy atom. The number of carboxylic acids is 1. The van der Waals surface area contributed by atoms with Crippen LogP contribution in [0.3, 0.4) is 0 Å². The minimum Gasteiger partial charge on any atom is -0.478 e. The van der Waals surface area contributed by atoms with Crippen LogP contribution in [0.25, 0.3) is 0 Å². The van der Waals surface area contributed by atoms with Crippen LogP contribution >= 0.6 is 0 Å². The molecule has 0 unspecified atom stereocenters. The van der Waals surface area contributed by atoms with Crippen molar-refractivity contribution in [3.8, 4) is 0 Å². The Bertz CT molecular complexity index is 1390. The van der Waals surface area contributed by atoms with Crippen molar-refractivity contribution in [3.05, 3.63) is 82.4 Å². The van der Waals surface area contributed by atoms with Gasteiger partial charge in [-0.3, -0.25) is 0 Å². The Hall–Kier alpha value is -3.68. The number of aliphatic imine (C=N–C) groups is 1. The third-order valence-electron chi connectivity index (χ3n) is 7.72. The van der Waals surface area contributed by atoms with Gasteiger partial charge in [0.05, 0.1) is 34.0 Å². The van der Waals surface area contributed by atoms with Crippen molar-refractivity contribution in [1.29, 1.82) is 0 Å². The van der Waals surface area contributed by atoms with Crippen LogP contribution in [0.5, 0.6) is 0 Å². The van der Waals surface area contributed by atoms with E-state index in [2.05, 4.69) is 55.2 Å². The summed E-state index contributed by atoms with van der Waals surface area (Å²) in [6, 6.07) is 17.0. The maximum Gasteiger partial charge on any atom is 0.335 e. The number of carboxylic acid groups (broad SMARTS) is 1. The van der Waals surface area contributed by atoms with Gasteiger partial charge in [-0.25, -0.2) is 20.5 Å². The number of hydrogen-bond acceptors (Lipinski definition) is 6. The van der Waals surface area contributed by atoms with Crippen LogP contribution in [-0.4, -0.2) is 29.1 Å². The lowest BCUT2D eigenvalue weighted by Gasteiger charge is -2.43. The Kier molecular flexibility index (Phi) is 5.65. The van der Waals surface area contributed by atoms with Gasteiger partial charge in [-0.05, 0) is 77.3 Å². The van der Waals surface area contributed by atoms with E-state index in [1.807, 2.05) is 37.4 Å². The molecule has 0 radical (unpaired) electrons. The molecule has 186 valence electrons. The lowest BCUT2D eigenvalue weighted by Crippen LogP contribution is -2.34. The summed E-state index contributed by atoms with van der Waals surface area (Å²) < 4.78 is 0. The van der Waals surface area contributed by atoms with Crippen molar-refractivity contribution in [2.45, 2.75) is 51.4 Å². The van der Waals surface area contributed by atoms with Gasteiger partial charge >= 0.3 is 5.97 Å². The second-order valence-corrected chi connectivity index (χ2v) is 11.0. The van der Waals surface area contributed by atoms with Gasteiger partial charge in [-0.1, -0.05) is 39.8 Å². The number of rotatable bonds is 4. The summed E-state index contributed by atoms with van der Waals surface area (Å²) in [6.45, 7) is 9.22. The molecule has 2 aliphatic rings. The summed E-state index contributed by atoms with van der Waals surface area (Å²) in [7, 11) is 2.03. The number of benzene rings is 3. The number of aromatic carboxylic acids is 1. The molecule has 0 spiro atoms. The Balaban J connectivity index is 1.80. The molecule has 7 nitrogen and oxygen atoms in total. The standard InChI is InChI=1S/C29H31N3O4/c1-28(2)12-13-29(3,4)22-16-25-20(15-21(22)28)26(17-6-8-18(9-7-17)27(33)34)30-23-14-19(31-36-35)10-11-24(23)32(25)5/h6-11,14-16,31,35H,12-13H2,1-5H3,(H,33,34). The van der Waals surface area contributed by atoms with E-state index in [1.165, 1.54) is 11.1 Å². The molecule has 0 saturated carbocycles. The zero-order valence-corrected chi connectivity index (χ0v) is 21.2. The number of nitrogens with zero attached hydrogens (tertiary/aromatic N) is 2. The van der Waals surface area contributed by atoms with Crippen LogP contribution in [-0.2, 0) is 15.8 Å². The van der Waals surface area contributed by atoms with E-state index in [4.69, 9.17) is 10.2 Å². The van der Waals surface area contributed by atoms with Crippen LogP contribution in [0.4, 0.5) is 22.7 Å². The first-order valence-electron chi connectivity index (χ1n) is 12.1. The molecule has 0 amide bonds. The van der Waals surface area contributed by atoms with Gasteiger partial charge in [0.15, 0.2) is 0 Å². The van der Waals surface area contributed by atoms with E-state index in [-0.39, 0.29) is 16.4 Å². The fourth-order valence-electron chi connectivity index (χ4n) is 5.38. The van der Waals surface area contributed by atoms with E-state index in [0.717, 1.165) is 41.1 Å². The van der Waals surface area contributed by atoms with Gasteiger partial charge in [0.2, 0.25) is 0 Å². The summed E-state index contributed by atoms with van der Waals surface area (Å²) in [4.78, 5) is 22.8. The molecular formula is C29H31N3O4. The molecule has 1 heterocycles. The molecule has 0 aromatic heterocycles. The molecule has 0 fully saturated rings. The van der Waals surface area contributed by atoms with Gasteiger partial charge in [-0.15, -0.1) is 4.99 Å². The van der Waals surface area contributed by atoms with Crippen molar-refractivity contribution in [3.63, 3.8) is 0 Å². The van der Waals surface area contributed by atoms with Crippen molar-refractivity contribution in [2.75, 3.05) is 17.4 Å². The molecule has 5 rings (SSSR count). The zero-order valence-electron chi connectivity index (χ0n) is 21.2. The van der Waals surface area contributed by atoms with Crippen LogP contribution < -0.4 is 10.4 Å². The Morgan fingerprint density at radius 2 is 1.58 bits per heavy atom.